The molecule has 0 aliphatic heterocycles. The lowest BCUT2D eigenvalue weighted by atomic mass is 10.1. The third-order valence-corrected chi connectivity index (χ3v) is 3.82. The van der Waals surface area contributed by atoms with Crippen LogP contribution < -0.4 is 5.32 Å². The van der Waals surface area contributed by atoms with Gasteiger partial charge in [-0.2, -0.15) is 0 Å². The second-order valence-corrected chi connectivity index (χ2v) is 5.42. The Labute approximate surface area is 125 Å². The molecule has 0 heterocycles. The third-order valence-electron chi connectivity index (χ3n) is 3.82. The summed E-state index contributed by atoms with van der Waals surface area (Å²) in [6.45, 7) is 1.80. The van der Waals surface area contributed by atoms with Crippen molar-refractivity contribution in [3.63, 3.8) is 0 Å². The Hall–Kier alpha value is -1.88. The van der Waals surface area contributed by atoms with Crippen molar-refractivity contribution in [2.45, 2.75) is 38.6 Å². The molecule has 114 valence electrons. The summed E-state index contributed by atoms with van der Waals surface area (Å²) in [5.74, 6) is -0.188. The largest absolute Gasteiger partial charge is 0.395 e. The lowest BCUT2D eigenvalue weighted by Crippen LogP contribution is -2.40. The van der Waals surface area contributed by atoms with Gasteiger partial charge in [-0.3, -0.25) is 9.59 Å². The van der Waals surface area contributed by atoms with E-state index in [-0.39, 0.29) is 24.5 Å². The van der Waals surface area contributed by atoms with Gasteiger partial charge in [0.25, 0.3) is 5.91 Å². The van der Waals surface area contributed by atoms with Crippen LogP contribution in [-0.2, 0) is 4.79 Å². The molecule has 5 heteroatoms. The van der Waals surface area contributed by atoms with E-state index >= 15 is 0 Å². The molecule has 1 aromatic carbocycles. The van der Waals surface area contributed by atoms with E-state index in [1.165, 1.54) is 6.92 Å². The maximum Gasteiger partial charge on any atom is 0.254 e. The van der Waals surface area contributed by atoms with Crippen LogP contribution in [0.1, 0.15) is 43.0 Å². The van der Waals surface area contributed by atoms with Crippen LogP contribution in [0.4, 0.5) is 5.69 Å². The highest BCUT2D eigenvalue weighted by molar-refractivity contribution is 5.95. The molecule has 0 unspecified atom stereocenters. The predicted molar refractivity (Wildman–Crippen MR) is 81.1 cm³/mol. The van der Waals surface area contributed by atoms with Gasteiger partial charge in [-0.25, -0.2) is 0 Å². The van der Waals surface area contributed by atoms with E-state index in [2.05, 4.69) is 5.32 Å². The minimum absolute atomic E-state index is 0.0216. The summed E-state index contributed by atoms with van der Waals surface area (Å²) >= 11 is 0. The zero-order valence-corrected chi connectivity index (χ0v) is 12.3. The van der Waals surface area contributed by atoms with Gasteiger partial charge in [-0.05, 0) is 37.1 Å². The number of aliphatic hydroxyl groups is 1. The summed E-state index contributed by atoms with van der Waals surface area (Å²) in [5.41, 5.74) is 1.26. The summed E-state index contributed by atoms with van der Waals surface area (Å²) in [6.07, 6.45) is 4.30. The second kappa shape index (κ2) is 7.22. The van der Waals surface area contributed by atoms with Crippen LogP contribution in [0.2, 0.25) is 0 Å². The van der Waals surface area contributed by atoms with Crippen molar-refractivity contribution in [3.05, 3.63) is 29.8 Å². The smallest absolute Gasteiger partial charge is 0.254 e. The van der Waals surface area contributed by atoms with E-state index in [9.17, 15) is 14.7 Å². The fraction of sp³-hybridized carbons (Fsp3) is 0.500. The lowest BCUT2D eigenvalue weighted by molar-refractivity contribution is -0.114. The van der Waals surface area contributed by atoms with Crippen molar-refractivity contribution in [3.8, 4) is 0 Å². The van der Waals surface area contributed by atoms with Crippen molar-refractivity contribution in [1.29, 1.82) is 0 Å². The number of anilines is 1. The first kappa shape index (κ1) is 15.5. The number of hydrogen-bond acceptors (Lipinski definition) is 3. The first-order valence-electron chi connectivity index (χ1n) is 7.41. The van der Waals surface area contributed by atoms with Gasteiger partial charge >= 0.3 is 0 Å². The number of carbonyl (C=O) groups is 2. The molecule has 0 aromatic heterocycles. The number of nitrogens with zero attached hydrogens (tertiary/aromatic N) is 1. The van der Waals surface area contributed by atoms with E-state index in [1.54, 1.807) is 29.2 Å². The molecule has 1 saturated carbocycles. The molecule has 2 N–H and O–H groups in total. The minimum atomic E-state index is -0.137. The van der Waals surface area contributed by atoms with Crippen molar-refractivity contribution >= 4 is 17.5 Å². The summed E-state index contributed by atoms with van der Waals surface area (Å²) < 4.78 is 0. The van der Waals surface area contributed by atoms with Crippen LogP contribution in [0.25, 0.3) is 0 Å². The Morgan fingerprint density at radius 3 is 2.38 bits per heavy atom. The topological polar surface area (TPSA) is 69.6 Å². The fourth-order valence-corrected chi connectivity index (χ4v) is 2.84. The van der Waals surface area contributed by atoms with Crippen LogP contribution in [-0.4, -0.2) is 41.0 Å². The number of benzene rings is 1. The number of aliphatic hydroxyl groups excluding tert-OH is 1. The van der Waals surface area contributed by atoms with Gasteiger partial charge in [0.05, 0.1) is 6.61 Å². The zero-order valence-electron chi connectivity index (χ0n) is 12.3. The number of hydrogen-bond donors (Lipinski definition) is 2. The van der Waals surface area contributed by atoms with Crippen molar-refractivity contribution in [1.82, 2.24) is 4.90 Å². The van der Waals surface area contributed by atoms with E-state index in [0.29, 0.717) is 17.8 Å². The maximum atomic E-state index is 12.6. The highest BCUT2D eigenvalue weighted by Gasteiger charge is 2.26. The van der Waals surface area contributed by atoms with Gasteiger partial charge < -0.3 is 15.3 Å². The van der Waals surface area contributed by atoms with Gasteiger partial charge in [0.1, 0.15) is 0 Å². The van der Waals surface area contributed by atoms with Crippen molar-refractivity contribution < 1.29 is 14.7 Å². The van der Waals surface area contributed by atoms with Crippen molar-refractivity contribution in [2.75, 3.05) is 18.5 Å². The summed E-state index contributed by atoms with van der Waals surface area (Å²) in [6, 6.07) is 7.11. The van der Waals surface area contributed by atoms with Crippen LogP contribution in [0.3, 0.4) is 0 Å². The van der Waals surface area contributed by atoms with E-state index < -0.39 is 0 Å². The SMILES string of the molecule is CC(=O)Nc1ccc(C(=O)N(CCO)C2CCCC2)cc1. The Morgan fingerprint density at radius 2 is 1.86 bits per heavy atom. The Morgan fingerprint density at radius 1 is 1.24 bits per heavy atom. The van der Waals surface area contributed by atoms with Crippen LogP contribution in [0, 0.1) is 0 Å². The van der Waals surface area contributed by atoms with E-state index in [0.717, 1.165) is 25.7 Å². The molecule has 0 atom stereocenters. The number of amides is 2. The Kier molecular flexibility index (Phi) is 5.33. The van der Waals surface area contributed by atoms with Crippen LogP contribution >= 0.6 is 0 Å². The summed E-state index contributed by atoms with van der Waals surface area (Å²) in [4.78, 5) is 25.3. The molecule has 0 saturated heterocycles. The number of carbonyl (C=O) groups excluding carboxylic acids is 2. The highest BCUT2D eigenvalue weighted by Crippen LogP contribution is 2.25. The molecule has 21 heavy (non-hydrogen) atoms. The molecular weight excluding hydrogens is 268 g/mol. The van der Waals surface area contributed by atoms with Crippen LogP contribution in [0.5, 0.6) is 0 Å². The van der Waals surface area contributed by atoms with E-state index in [4.69, 9.17) is 0 Å². The second-order valence-electron chi connectivity index (χ2n) is 5.42. The molecule has 0 radical (unpaired) electrons. The predicted octanol–water partition coefficient (Wildman–Crippen LogP) is 2.02. The van der Waals surface area contributed by atoms with Gasteiger partial charge in [-0.15, -0.1) is 0 Å². The van der Waals surface area contributed by atoms with E-state index in [1.807, 2.05) is 0 Å². The number of nitrogens with one attached hydrogen (secondary N) is 1. The molecule has 0 bridgehead atoms. The average molecular weight is 290 g/mol. The normalized spacial score (nSPS) is 15.0. The summed E-state index contributed by atoms with van der Waals surface area (Å²) in [7, 11) is 0. The maximum absolute atomic E-state index is 12.6. The van der Waals surface area contributed by atoms with Gasteiger partial charge in [-0.1, -0.05) is 12.8 Å². The molecule has 1 aromatic rings. The monoisotopic (exact) mass is 290 g/mol. The quantitative estimate of drug-likeness (QED) is 0.871. The van der Waals surface area contributed by atoms with Crippen LogP contribution in [0.15, 0.2) is 24.3 Å². The molecule has 2 amide bonds. The average Bonchev–Trinajstić information content (AvgIpc) is 2.98. The Balaban J connectivity index is 2.10. The number of rotatable bonds is 5. The first-order valence-corrected chi connectivity index (χ1v) is 7.41. The zero-order chi connectivity index (χ0) is 15.2. The van der Waals surface area contributed by atoms with Gasteiger partial charge in [0.2, 0.25) is 5.91 Å². The van der Waals surface area contributed by atoms with Gasteiger partial charge in [0.15, 0.2) is 0 Å². The standard InChI is InChI=1S/C16H22N2O3/c1-12(20)17-14-8-6-13(7-9-14)16(21)18(10-11-19)15-4-2-3-5-15/h6-9,15,19H,2-5,10-11H2,1H3,(H,17,20). The minimum Gasteiger partial charge on any atom is -0.395 e. The first-order chi connectivity index (χ1) is 10.1. The Bertz CT molecular complexity index is 493. The van der Waals surface area contributed by atoms with Gasteiger partial charge in [0, 0.05) is 30.8 Å². The van der Waals surface area contributed by atoms with Crippen molar-refractivity contribution in [2.24, 2.45) is 0 Å². The molecule has 2 rings (SSSR count). The third kappa shape index (κ3) is 4.04. The lowest BCUT2D eigenvalue weighted by Gasteiger charge is -2.28. The molecular formula is C16H22N2O3. The highest BCUT2D eigenvalue weighted by atomic mass is 16.3. The molecule has 0 spiro atoms. The summed E-state index contributed by atoms with van der Waals surface area (Å²) in [5, 5.41) is 11.9. The molecule has 1 aliphatic rings. The fourth-order valence-electron chi connectivity index (χ4n) is 2.84. The molecule has 5 nitrogen and oxygen atoms in total. The molecule has 1 aliphatic carbocycles. The molecule has 1 fully saturated rings.